The first-order valence-corrected chi connectivity index (χ1v) is 10.1. The van der Waals surface area contributed by atoms with Gasteiger partial charge in [0.2, 0.25) is 5.88 Å². The summed E-state index contributed by atoms with van der Waals surface area (Å²) in [6.07, 6.45) is 4.30. The van der Waals surface area contributed by atoms with Crippen molar-refractivity contribution in [1.29, 1.82) is 0 Å². The fraction of sp³-hybridized carbons (Fsp3) is 0.455. The Bertz CT molecular complexity index is 744. The van der Waals surface area contributed by atoms with Gasteiger partial charge in [-0.25, -0.2) is 4.98 Å². The number of rotatable bonds is 8. The van der Waals surface area contributed by atoms with Crippen LogP contribution in [-0.4, -0.2) is 49.1 Å². The maximum Gasteiger partial charge on any atom is 0.218 e. The average Bonchev–Trinajstić information content (AvgIpc) is 3.27. The van der Waals surface area contributed by atoms with Crippen LogP contribution in [0.3, 0.4) is 0 Å². The number of nitrogens with zero attached hydrogens (tertiary/aromatic N) is 3. The normalized spacial score (nSPS) is 16.0. The van der Waals surface area contributed by atoms with Crippen molar-refractivity contribution in [2.24, 2.45) is 4.99 Å². The standard InChI is InChI=1S/C22H31N5O/c1-3-28-21-19(12-9-13-24-21)16-25-22(23-2)26-17-20(27-14-7-8-15-27)18-10-5-4-6-11-18/h4-6,9-13,20H,3,7-8,14-17H2,1-2H3,(H2,23,25,26). The topological polar surface area (TPSA) is 61.8 Å². The van der Waals surface area contributed by atoms with E-state index in [1.165, 1.54) is 18.4 Å². The predicted molar refractivity (Wildman–Crippen MR) is 114 cm³/mol. The molecule has 6 heteroatoms. The van der Waals surface area contributed by atoms with Gasteiger partial charge in [-0.15, -0.1) is 0 Å². The second-order valence-corrected chi connectivity index (χ2v) is 6.88. The molecule has 28 heavy (non-hydrogen) atoms. The molecule has 0 radical (unpaired) electrons. The van der Waals surface area contributed by atoms with Crippen LogP contribution in [0.15, 0.2) is 53.7 Å². The monoisotopic (exact) mass is 381 g/mol. The van der Waals surface area contributed by atoms with Gasteiger partial charge in [-0.3, -0.25) is 9.89 Å². The molecule has 150 valence electrons. The third kappa shape index (κ3) is 5.45. The lowest BCUT2D eigenvalue weighted by Crippen LogP contribution is -2.42. The highest BCUT2D eigenvalue weighted by molar-refractivity contribution is 5.79. The molecule has 1 unspecified atom stereocenters. The van der Waals surface area contributed by atoms with E-state index in [9.17, 15) is 0 Å². The zero-order valence-electron chi connectivity index (χ0n) is 16.9. The van der Waals surface area contributed by atoms with E-state index in [2.05, 4.69) is 55.8 Å². The quantitative estimate of drug-likeness (QED) is 0.544. The summed E-state index contributed by atoms with van der Waals surface area (Å²) in [6, 6.07) is 15.0. The maximum atomic E-state index is 5.61. The van der Waals surface area contributed by atoms with Gasteiger partial charge in [0, 0.05) is 31.9 Å². The Kier molecular flexibility index (Phi) is 7.67. The molecular weight excluding hydrogens is 350 g/mol. The number of nitrogens with one attached hydrogen (secondary N) is 2. The average molecular weight is 382 g/mol. The molecule has 0 aliphatic carbocycles. The molecule has 2 heterocycles. The van der Waals surface area contributed by atoms with Crippen molar-refractivity contribution in [2.75, 3.05) is 33.3 Å². The SMILES string of the molecule is CCOc1ncccc1CNC(=NC)NCC(c1ccccc1)N1CCCC1. The van der Waals surface area contributed by atoms with Gasteiger partial charge in [-0.05, 0) is 44.5 Å². The molecule has 2 aromatic rings. The molecule has 2 N–H and O–H groups in total. The number of hydrogen-bond acceptors (Lipinski definition) is 4. The van der Waals surface area contributed by atoms with Crippen LogP contribution in [0.2, 0.25) is 0 Å². The number of aliphatic imine (C=N–C) groups is 1. The number of ether oxygens (including phenoxy) is 1. The molecule has 1 atom stereocenters. The highest BCUT2D eigenvalue weighted by atomic mass is 16.5. The van der Waals surface area contributed by atoms with Gasteiger partial charge in [0.05, 0.1) is 12.6 Å². The summed E-state index contributed by atoms with van der Waals surface area (Å²) in [5.41, 5.74) is 2.37. The minimum atomic E-state index is 0.347. The largest absolute Gasteiger partial charge is 0.478 e. The molecule has 1 saturated heterocycles. The van der Waals surface area contributed by atoms with E-state index < -0.39 is 0 Å². The summed E-state index contributed by atoms with van der Waals surface area (Å²) in [5, 5.41) is 6.88. The first-order chi connectivity index (χ1) is 13.8. The zero-order valence-corrected chi connectivity index (χ0v) is 16.9. The van der Waals surface area contributed by atoms with Crippen molar-refractivity contribution in [1.82, 2.24) is 20.5 Å². The summed E-state index contributed by atoms with van der Waals surface area (Å²) in [6.45, 7) is 6.30. The Hall–Kier alpha value is -2.60. The Morgan fingerprint density at radius 1 is 1.14 bits per heavy atom. The molecule has 1 aliphatic rings. The molecule has 0 spiro atoms. The zero-order chi connectivity index (χ0) is 19.6. The molecule has 0 saturated carbocycles. The predicted octanol–water partition coefficient (Wildman–Crippen LogP) is 2.98. The lowest BCUT2D eigenvalue weighted by molar-refractivity contribution is 0.245. The molecular formula is C22H31N5O. The van der Waals surface area contributed by atoms with Crippen molar-refractivity contribution in [3.8, 4) is 5.88 Å². The van der Waals surface area contributed by atoms with Gasteiger partial charge in [0.25, 0.3) is 0 Å². The van der Waals surface area contributed by atoms with E-state index in [1.807, 2.05) is 19.1 Å². The second-order valence-electron chi connectivity index (χ2n) is 6.88. The van der Waals surface area contributed by atoms with Crippen molar-refractivity contribution < 1.29 is 4.74 Å². The Morgan fingerprint density at radius 2 is 1.93 bits per heavy atom. The smallest absolute Gasteiger partial charge is 0.218 e. The molecule has 3 rings (SSSR count). The number of guanidine groups is 1. The van der Waals surface area contributed by atoms with Gasteiger partial charge in [0.15, 0.2) is 5.96 Å². The summed E-state index contributed by atoms with van der Waals surface area (Å²) in [5.74, 6) is 1.46. The third-order valence-electron chi connectivity index (χ3n) is 5.03. The van der Waals surface area contributed by atoms with Gasteiger partial charge < -0.3 is 15.4 Å². The number of hydrogen-bond donors (Lipinski definition) is 2. The summed E-state index contributed by atoms with van der Waals surface area (Å²) >= 11 is 0. The molecule has 1 fully saturated rings. The van der Waals surface area contributed by atoms with Crippen LogP contribution in [0, 0.1) is 0 Å². The lowest BCUT2D eigenvalue weighted by Gasteiger charge is -2.29. The van der Waals surface area contributed by atoms with E-state index in [0.29, 0.717) is 25.1 Å². The van der Waals surface area contributed by atoms with Crippen molar-refractivity contribution in [3.05, 3.63) is 59.8 Å². The minimum absolute atomic E-state index is 0.347. The van der Waals surface area contributed by atoms with Gasteiger partial charge in [-0.1, -0.05) is 36.4 Å². The fourth-order valence-corrected chi connectivity index (χ4v) is 3.60. The first kappa shape index (κ1) is 20.1. The summed E-state index contributed by atoms with van der Waals surface area (Å²) in [7, 11) is 1.80. The highest BCUT2D eigenvalue weighted by Gasteiger charge is 2.23. The van der Waals surface area contributed by atoms with E-state index in [4.69, 9.17) is 4.74 Å². The van der Waals surface area contributed by atoms with Crippen LogP contribution >= 0.6 is 0 Å². The third-order valence-corrected chi connectivity index (χ3v) is 5.03. The lowest BCUT2D eigenvalue weighted by atomic mass is 10.1. The maximum absolute atomic E-state index is 5.61. The van der Waals surface area contributed by atoms with Crippen LogP contribution in [0.4, 0.5) is 0 Å². The fourth-order valence-electron chi connectivity index (χ4n) is 3.60. The molecule has 0 bridgehead atoms. The molecule has 1 aromatic heterocycles. The first-order valence-electron chi connectivity index (χ1n) is 10.1. The van der Waals surface area contributed by atoms with Crippen LogP contribution in [-0.2, 0) is 6.54 Å². The molecule has 1 aliphatic heterocycles. The van der Waals surface area contributed by atoms with E-state index in [0.717, 1.165) is 31.2 Å². The Labute approximate surface area is 168 Å². The molecule has 6 nitrogen and oxygen atoms in total. The van der Waals surface area contributed by atoms with E-state index in [-0.39, 0.29) is 0 Å². The molecule has 1 aromatic carbocycles. The second kappa shape index (κ2) is 10.7. The van der Waals surface area contributed by atoms with E-state index in [1.54, 1.807) is 13.2 Å². The van der Waals surface area contributed by atoms with Crippen LogP contribution in [0.5, 0.6) is 5.88 Å². The number of likely N-dealkylation sites (tertiary alicyclic amines) is 1. The van der Waals surface area contributed by atoms with Crippen molar-refractivity contribution in [2.45, 2.75) is 32.4 Å². The van der Waals surface area contributed by atoms with Crippen molar-refractivity contribution >= 4 is 5.96 Å². The summed E-state index contributed by atoms with van der Waals surface area (Å²) < 4.78 is 5.61. The van der Waals surface area contributed by atoms with Crippen LogP contribution < -0.4 is 15.4 Å². The highest BCUT2D eigenvalue weighted by Crippen LogP contribution is 2.24. The number of benzene rings is 1. The van der Waals surface area contributed by atoms with Crippen molar-refractivity contribution in [3.63, 3.8) is 0 Å². The van der Waals surface area contributed by atoms with Gasteiger partial charge in [0.1, 0.15) is 0 Å². The Balaban J connectivity index is 1.60. The van der Waals surface area contributed by atoms with Crippen LogP contribution in [0.1, 0.15) is 36.9 Å². The van der Waals surface area contributed by atoms with Crippen LogP contribution in [0.25, 0.3) is 0 Å². The number of pyridine rings is 1. The molecule has 0 amide bonds. The van der Waals surface area contributed by atoms with E-state index >= 15 is 0 Å². The minimum Gasteiger partial charge on any atom is -0.478 e. The number of aromatic nitrogens is 1. The van der Waals surface area contributed by atoms with Gasteiger partial charge in [-0.2, -0.15) is 0 Å². The summed E-state index contributed by atoms with van der Waals surface area (Å²) in [4.78, 5) is 11.3. The Morgan fingerprint density at radius 3 is 2.64 bits per heavy atom. The van der Waals surface area contributed by atoms with Gasteiger partial charge >= 0.3 is 0 Å².